The van der Waals surface area contributed by atoms with Crippen molar-refractivity contribution in [1.29, 1.82) is 0 Å². The minimum absolute atomic E-state index is 0.264. The first-order chi connectivity index (χ1) is 11.6. The van der Waals surface area contributed by atoms with Gasteiger partial charge in [-0.15, -0.1) is 0 Å². The van der Waals surface area contributed by atoms with Gasteiger partial charge in [0.25, 0.3) is 0 Å². The van der Waals surface area contributed by atoms with Crippen molar-refractivity contribution < 1.29 is 4.39 Å². The molecule has 0 saturated heterocycles. The molecule has 0 unspecified atom stereocenters. The largest absolute Gasteiger partial charge is 0.343 e. The summed E-state index contributed by atoms with van der Waals surface area (Å²) in [5.74, 6) is -0.264. The fourth-order valence-electron chi connectivity index (χ4n) is 2.88. The number of hydrogen-bond acceptors (Lipinski definition) is 1. The van der Waals surface area contributed by atoms with E-state index in [4.69, 9.17) is 11.6 Å². The van der Waals surface area contributed by atoms with Crippen LogP contribution < -0.4 is 5.32 Å². The Labute approximate surface area is 147 Å². The maximum atomic E-state index is 14.1. The summed E-state index contributed by atoms with van der Waals surface area (Å²) < 4.78 is 16.2. The molecular formula is C20H22ClFN2. The Balaban J connectivity index is 1.96. The average molecular weight is 345 g/mol. The molecule has 24 heavy (non-hydrogen) atoms. The van der Waals surface area contributed by atoms with Gasteiger partial charge in [-0.25, -0.2) is 4.39 Å². The lowest BCUT2D eigenvalue weighted by atomic mass is 10.1. The van der Waals surface area contributed by atoms with E-state index < -0.39 is 0 Å². The minimum Gasteiger partial charge on any atom is -0.343 e. The summed E-state index contributed by atoms with van der Waals surface area (Å²) >= 11 is 6.19. The highest BCUT2D eigenvalue weighted by molar-refractivity contribution is 6.31. The smallest absolute Gasteiger partial charge is 0.129 e. The lowest BCUT2D eigenvalue weighted by Crippen LogP contribution is -2.24. The number of nitrogens with one attached hydrogen (secondary N) is 1. The molecule has 1 atom stereocenters. The summed E-state index contributed by atoms with van der Waals surface area (Å²) in [6.07, 6.45) is 3.19. The van der Waals surface area contributed by atoms with Gasteiger partial charge >= 0.3 is 0 Å². The van der Waals surface area contributed by atoms with E-state index in [0.717, 1.165) is 18.5 Å². The molecule has 1 heterocycles. The fraction of sp³-hybridized carbons (Fsp3) is 0.300. The summed E-state index contributed by atoms with van der Waals surface area (Å²) in [5.41, 5.74) is 2.84. The Kier molecular flexibility index (Phi) is 5.22. The van der Waals surface area contributed by atoms with Crippen LogP contribution in [0.15, 0.2) is 48.7 Å². The van der Waals surface area contributed by atoms with Crippen molar-refractivity contribution in [2.45, 2.75) is 39.4 Å². The van der Waals surface area contributed by atoms with E-state index in [1.54, 1.807) is 12.1 Å². The quantitative estimate of drug-likeness (QED) is 0.636. The van der Waals surface area contributed by atoms with Gasteiger partial charge in [-0.1, -0.05) is 42.8 Å². The summed E-state index contributed by atoms with van der Waals surface area (Å²) in [5, 5.41) is 5.19. The third kappa shape index (κ3) is 3.47. The van der Waals surface area contributed by atoms with Crippen molar-refractivity contribution in [3.63, 3.8) is 0 Å². The lowest BCUT2D eigenvalue weighted by molar-refractivity contribution is 0.534. The molecule has 0 fully saturated rings. The Morgan fingerprint density at radius 3 is 2.71 bits per heavy atom. The maximum absolute atomic E-state index is 14.1. The molecule has 2 nitrogen and oxygen atoms in total. The van der Waals surface area contributed by atoms with E-state index in [1.165, 1.54) is 17.0 Å². The van der Waals surface area contributed by atoms with Gasteiger partial charge in [-0.2, -0.15) is 0 Å². The van der Waals surface area contributed by atoms with Crippen molar-refractivity contribution >= 4 is 22.5 Å². The first kappa shape index (κ1) is 17.0. The zero-order chi connectivity index (χ0) is 17.1. The SMILES string of the molecule is CC[C@H](C)NCc1cn(Cc2c(F)cccc2Cl)c2ccccc12. The Morgan fingerprint density at radius 2 is 1.96 bits per heavy atom. The summed E-state index contributed by atoms with van der Waals surface area (Å²) in [6, 6.07) is 13.5. The Morgan fingerprint density at radius 1 is 1.17 bits per heavy atom. The number of fused-ring (bicyclic) bond motifs is 1. The fourth-order valence-corrected chi connectivity index (χ4v) is 3.10. The summed E-state index contributed by atoms with van der Waals surface area (Å²) in [7, 11) is 0. The van der Waals surface area contributed by atoms with Crippen molar-refractivity contribution in [3.05, 3.63) is 70.6 Å². The molecule has 3 rings (SSSR count). The zero-order valence-electron chi connectivity index (χ0n) is 14.0. The topological polar surface area (TPSA) is 17.0 Å². The number of para-hydroxylation sites is 1. The van der Waals surface area contributed by atoms with Crippen LogP contribution in [0.3, 0.4) is 0 Å². The van der Waals surface area contributed by atoms with Crippen LogP contribution in [-0.4, -0.2) is 10.6 Å². The monoisotopic (exact) mass is 344 g/mol. The van der Waals surface area contributed by atoms with Crippen LogP contribution in [0.25, 0.3) is 10.9 Å². The van der Waals surface area contributed by atoms with Crippen LogP contribution in [0.4, 0.5) is 4.39 Å². The van der Waals surface area contributed by atoms with Crippen molar-refractivity contribution in [1.82, 2.24) is 9.88 Å². The van der Waals surface area contributed by atoms with Gasteiger partial charge in [0, 0.05) is 40.3 Å². The molecule has 1 aromatic heterocycles. The number of nitrogens with zero attached hydrogens (tertiary/aromatic N) is 1. The summed E-state index contributed by atoms with van der Waals surface area (Å²) in [6.45, 7) is 5.57. The number of halogens is 2. The van der Waals surface area contributed by atoms with Crippen LogP contribution >= 0.6 is 11.6 Å². The average Bonchev–Trinajstić information content (AvgIpc) is 2.94. The molecule has 4 heteroatoms. The number of rotatable bonds is 6. The van der Waals surface area contributed by atoms with Gasteiger partial charge in [0.1, 0.15) is 5.82 Å². The molecule has 2 aromatic carbocycles. The third-order valence-corrected chi connectivity index (χ3v) is 4.87. The molecule has 126 valence electrons. The molecule has 0 aliphatic rings. The molecule has 0 radical (unpaired) electrons. The number of hydrogen-bond donors (Lipinski definition) is 1. The highest BCUT2D eigenvalue weighted by atomic mass is 35.5. The second-order valence-electron chi connectivity index (χ2n) is 6.19. The van der Waals surface area contributed by atoms with Crippen molar-refractivity contribution in [2.24, 2.45) is 0 Å². The molecule has 0 bridgehead atoms. The maximum Gasteiger partial charge on any atom is 0.129 e. The Hall–Kier alpha value is -1.84. The number of aromatic nitrogens is 1. The van der Waals surface area contributed by atoms with E-state index in [9.17, 15) is 4.39 Å². The predicted octanol–water partition coefficient (Wildman–Crippen LogP) is 5.37. The van der Waals surface area contributed by atoms with Crippen LogP contribution in [0.2, 0.25) is 5.02 Å². The van der Waals surface area contributed by atoms with Gasteiger partial charge < -0.3 is 9.88 Å². The standard InChI is InChI=1S/C20H22ClFN2/c1-3-14(2)23-11-15-12-24(20-10-5-4-7-16(15)20)13-17-18(21)8-6-9-19(17)22/h4-10,12,14,23H,3,11,13H2,1-2H3/t14-/m0/s1. The van der Waals surface area contributed by atoms with E-state index in [1.807, 2.05) is 12.1 Å². The van der Waals surface area contributed by atoms with Gasteiger partial charge in [0.2, 0.25) is 0 Å². The first-order valence-electron chi connectivity index (χ1n) is 8.33. The van der Waals surface area contributed by atoms with Crippen LogP contribution in [-0.2, 0) is 13.1 Å². The molecule has 1 N–H and O–H groups in total. The molecular weight excluding hydrogens is 323 g/mol. The molecule has 0 amide bonds. The molecule has 0 spiro atoms. The molecule has 0 aliphatic carbocycles. The number of benzene rings is 2. The molecule has 0 aliphatic heterocycles. The first-order valence-corrected chi connectivity index (χ1v) is 8.71. The normalized spacial score (nSPS) is 12.7. The van der Waals surface area contributed by atoms with Gasteiger partial charge in [0.05, 0.1) is 6.54 Å². The zero-order valence-corrected chi connectivity index (χ0v) is 14.8. The summed E-state index contributed by atoms with van der Waals surface area (Å²) in [4.78, 5) is 0. The Bertz CT molecular complexity index is 821. The molecule has 3 aromatic rings. The van der Waals surface area contributed by atoms with E-state index >= 15 is 0 Å². The highest BCUT2D eigenvalue weighted by Gasteiger charge is 2.12. The van der Waals surface area contributed by atoms with E-state index in [0.29, 0.717) is 23.2 Å². The lowest BCUT2D eigenvalue weighted by Gasteiger charge is -2.10. The van der Waals surface area contributed by atoms with Crippen LogP contribution in [0.1, 0.15) is 31.4 Å². The van der Waals surface area contributed by atoms with Gasteiger partial charge in [-0.05, 0) is 37.1 Å². The molecule has 0 saturated carbocycles. The van der Waals surface area contributed by atoms with Crippen LogP contribution in [0, 0.1) is 5.82 Å². The highest BCUT2D eigenvalue weighted by Crippen LogP contribution is 2.26. The van der Waals surface area contributed by atoms with Crippen molar-refractivity contribution in [3.8, 4) is 0 Å². The van der Waals surface area contributed by atoms with Gasteiger partial charge in [-0.3, -0.25) is 0 Å². The van der Waals surface area contributed by atoms with Gasteiger partial charge in [0.15, 0.2) is 0 Å². The minimum atomic E-state index is -0.264. The van der Waals surface area contributed by atoms with E-state index in [-0.39, 0.29) is 5.82 Å². The second-order valence-corrected chi connectivity index (χ2v) is 6.60. The second kappa shape index (κ2) is 7.37. The van der Waals surface area contributed by atoms with E-state index in [2.05, 4.69) is 42.1 Å². The van der Waals surface area contributed by atoms with Crippen LogP contribution in [0.5, 0.6) is 0 Å². The van der Waals surface area contributed by atoms with Crippen molar-refractivity contribution in [2.75, 3.05) is 0 Å². The predicted molar refractivity (Wildman–Crippen MR) is 99.0 cm³/mol. The third-order valence-electron chi connectivity index (χ3n) is 4.51.